The zero-order valence-electron chi connectivity index (χ0n) is 18.4. The van der Waals surface area contributed by atoms with E-state index in [0.29, 0.717) is 5.56 Å². The van der Waals surface area contributed by atoms with Crippen molar-refractivity contribution in [2.24, 2.45) is 0 Å². The average Bonchev–Trinajstić information content (AvgIpc) is 2.96. The van der Waals surface area contributed by atoms with Crippen molar-refractivity contribution in [3.63, 3.8) is 0 Å². The van der Waals surface area contributed by atoms with Crippen LogP contribution in [0.2, 0.25) is 0 Å². The molecule has 0 spiro atoms. The number of hydrogen-bond donors (Lipinski definition) is 1. The van der Waals surface area contributed by atoms with Crippen LogP contribution in [0.4, 0.5) is 14.9 Å². The summed E-state index contributed by atoms with van der Waals surface area (Å²) in [6.07, 6.45) is 3.96. The SMILES string of the molecule is CC1=CC(C)(C)N(C)c2cc(C)c(/C=C3\NC(=O)N(Cc4ccc(F)cc4)C3=O)cc21. The van der Waals surface area contributed by atoms with Gasteiger partial charge in [0.15, 0.2) is 0 Å². The Labute approximate surface area is 181 Å². The van der Waals surface area contributed by atoms with Gasteiger partial charge < -0.3 is 10.2 Å². The van der Waals surface area contributed by atoms with Crippen LogP contribution in [0, 0.1) is 12.7 Å². The fraction of sp³-hybridized carbons (Fsp3) is 0.280. The molecule has 0 atom stereocenters. The van der Waals surface area contributed by atoms with Gasteiger partial charge in [0.1, 0.15) is 11.5 Å². The molecule has 3 amide bonds. The van der Waals surface area contributed by atoms with Crippen LogP contribution in [-0.4, -0.2) is 29.4 Å². The molecule has 0 bridgehead atoms. The normalized spacial score (nSPS) is 18.9. The first kappa shape index (κ1) is 20.8. The molecule has 1 fully saturated rings. The van der Waals surface area contributed by atoms with Crippen LogP contribution in [0.1, 0.15) is 43.0 Å². The van der Waals surface area contributed by atoms with Crippen molar-refractivity contribution < 1.29 is 14.0 Å². The minimum absolute atomic E-state index is 0.0836. The van der Waals surface area contributed by atoms with Gasteiger partial charge in [0.25, 0.3) is 5.91 Å². The molecular formula is C25H26FN3O2. The van der Waals surface area contributed by atoms with Crippen LogP contribution in [0.3, 0.4) is 0 Å². The molecule has 2 aromatic rings. The van der Waals surface area contributed by atoms with E-state index in [1.807, 2.05) is 6.92 Å². The maximum atomic E-state index is 13.1. The zero-order chi connectivity index (χ0) is 22.5. The Bertz CT molecular complexity index is 1150. The number of rotatable bonds is 3. The first-order chi connectivity index (χ1) is 14.6. The fourth-order valence-corrected chi connectivity index (χ4v) is 4.12. The van der Waals surface area contributed by atoms with Gasteiger partial charge >= 0.3 is 6.03 Å². The third-order valence-corrected chi connectivity index (χ3v) is 6.12. The zero-order valence-corrected chi connectivity index (χ0v) is 18.4. The summed E-state index contributed by atoms with van der Waals surface area (Å²) in [5, 5.41) is 2.67. The largest absolute Gasteiger partial charge is 0.365 e. The maximum absolute atomic E-state index is 13.1. The molecule has 4 rings (SSSR count). The van der Waals surface area contributed by atoms with Crippen molar-refractivity contribution in [2.75, 3.05) is 11.9 Å². The summed E-state index contributed by atoms with van der Waals surface area (Å²) in [5.74, 6) is -0.750. The van der Waals surface area contributed by atoms with Crippen LogP contribution >= 0.6 is 0 Å². The number of benzene rings is 2. The van der Waals surface area contributed by atoms with Gasteiger partial charge in [0, 0.05) is 18.3 Å². The number of nitrogens with zero attached hydrogens (tertiary/aromatic N) is 2. The van der Waals surface area contributed by atoms with E-state index in [9.17, 15) is 14.0 Å². The molecule has 2 aliphatic rings. The van der Waals surface area contributed by atoms with Gasteiger partial charge in [-0.05, 0) is 80.3 Å². The van der Waals surface area contributed by atoms with E-state index >= 15 is 0 Å². The lowest BCUT2D eigenvalue weighted by Crippen LogP contribution is -2.42. The first-order valence-electron chi connectivity index (χ1n) is 10.2. The van der Waals surface area contributed by atoms with Crippen molar-refractivity contribution in [1.82, 2.24) is 10.2 Å². The van der Waals surface area contributed by atoms with Crippen LogP contribution in [0.25, 0.3) is 11.6 Å². The smallest absolute Gasteiger partial charge is 0.329 e. The minimum atomic E-state index is -0.478. The second-order valence-electron chi connectivity index (χ2n) is 8.77. The van der Waals surface area contributed by atoms with E-state index in [-0.39, 0.29) is 23.6 Å². The van der Waals surface area contributed by atoms with Crippen molar-refractivity contribution in [2.45, 2.75) is 39.8 Å². The summed E-state index contributed by atoms with van der Waals surface area (Å²) < 4.78 is 13.1. The van der Waals surface area contributed by atoms with Crippen LogP contribution in [-0.2, 0) is 11.3 Å². The molecule has 6 heteroatoms. The molecule has 5 nitrogen and oxygen atoms in total. The molecule has 1 saturated heterocycles. The van der Waals surface area contributed by atoms with Crippen LogP contribution in [0.5, 0.6) is 0 Å². The van der Waals surface area contributed by atoms with Crippen molar-refractivity contribution >= 4 is 29.3 Å². The number of urea groups is 1. The molecule has 31 heavy (non-hydrogen) atoms. The lowest BCUT2D eigenvalue weighted by atomic mass is 9.87. The molecule has 2 heterocycles. The van der Waals surface area contributed by atoms with E-state index in [2.05, 4.69) is 56.2 Å². The molecule has 0 saturated carbocycles. The summed E-state index contributed by atoms with van der Waals surface area (Å²) in [4.78, 5) is 28.7. The number of anilines is 1. The molecule has 2 aliphatic heterocycles. The Morgan fingerprint density at radius 3 is 2.45 bits per heavy atom. The summed E-state index contributed by atoms with van der Waals surface area (Å²) in [6, 6.07) is 9.48. The van der Waals surface area contributed by atoms with Gasteiger partial charge in [-0.3, -0.25) is 9.69 Å². The average molecular weight is 420 g/mol. The summed E-state index contributed by atoms with van der Waals surface area (Å²) in [7, 11) is 2.08. The Hall–Kier alpha value is -3.41. The van der Waals surface area contributed by atoms with Crippen molar-refractivity contribution in [3.05, 3.63) is 76.2 Å². The van der Waals surface area contributed by atoms with E-state index in [4.69, 9.17) is 0 Å². The summed E-state index contributed by atoms with van der Waals surface area (Å²) in [6.45, 7) is 8.53. The highest BCUT2D eigenvalue weighted by Gasteiger charge is 2.34. The molecule has 0 aromatic heterocycles. The molecule has 0 aliphatic carbocycles. The van der Waals surface area contributed by atoms with Gasteiger partial charge in [-0.25, -0.2) is 9.18 Å². The Kier molecular flexibility index (Phi) is 4.96. The van der Waals surface area contributed by atoms with Gasteiger partial charge in [-0.1, -0.05) is 18.2 Å². The van der Waals surface area contributed by atoms with Crippen LogP contribution < -0.4 is 10.2 Å². The Balaban J connectivity index is 1.65. The Morgan fingerprint density at radius 1 is 1.10 bits per heavy atom. The van der Waals surface area contributed by atoms with Crippen LogP contribution in [0.15, 0.2) is 48.2 Å². The second kappa shape index (κ2) is 7.38. The standard InChI is InChI=1S/C25H26FN3O2/c1-15-10-22-20(16(2)13-25(3,4)28(22)5)11-18(15)12-21-23(30)29(24(31)27-21)14-17-6-8-19(26)9-7-17/h6-13H,14H2,1-5H3,(H,27,31)/b21-12-. The second-order valence-corrected chi connectivity index (χ2v) is 8.77. The number of nitrogens with one attached hydrogen (secondary N) is 1. The predicted octanol–water partition coefficient (Wildman–Crippen LogP) is 4.86. The number of aryl methyl sites for hydroxylation is 1. The molecule has 0 radical (unpaired) electrons. The Morgan fingerprint density at radius 2 is 1.77 bits per heavy atom. The van der Waals surface area contributed by atoms with Crippen molar-refractivity contribution in [3.8, 4) is 0 Å². The highest BCUT2D eigenvalue weighted by atomic mass is 19.1. The number of halogens is 1. The monoisotopic (exact) mass is 419 g/mol. The van der Waals surface area contributed by atoms with E-state index < -0.39 is 11.9 Å². The topological polar surface area (TPSA) is 52.7 Å². The van der Waals surface area contributed by atoms with Gasteiger partial charge in [-0.15, -0.1) is 0 Å². The number of likely N-dealkylation sites (N-methyl/N-ethyl adjacent to an activating group) is 1. The van der Waals surface area contributed by atoms with Gasteiger partial charge in [-0.2, -0.15) is 0 Å². The first-order valence-corrected chi connectivity index (χ1v) is 10.2. The number of carbonyl (C=O) groups excluding carboxylic acids is 2. The number of hydrogen-bond acceptors (Lipinski definition) is 3. The highest BCUT2D eigenvalue weighted by molar-refractivity contribution is 6.14. The number of imide groups is 1. The number of allylic oxidation sites excluding steroid dienone is 1. The number of carbonyl (C=O) groups is 2. The lowest BCUT2D eigenvalue weighted by molar-refractivity contribution is -0.123. The number of fused-ring (bicyclic) bond motifs is 1. The van der Waals surface area contributed by atoms with E-state index in [0.717, 1.165) is 27.3 Å². The lowest BCUT2D eigenvalue weighted by Gasteiger charge is -2.41. The summed E-state index contributed by atoms with van der Waals surface area (Å²) >= 11 is 0. The third-order valence-electron chi connectivity index (χ3n) is 6.12. The molecule has 1 N–H and O–H groups in total. The van der Waals surface area contributed by atoms with Gasteiger partial charge in [0.2, 0.25) is 0 Å². The minimum Gasteiger partial charge on any atom is -0.365 e. The molecular weight excluding hydrogens is 393 g/mol. The molecule has 0 unspecified atom stereocenters. The van der Waals surface area contributed by atoms with Gasteiger partial charge in [0.05, 0.1) is 12.1 Å². The molecule has 2 aromatic carbocycles. The van der Waals surface area contributed by atoms with Crippen molar-refractivity contribution in [1.29, 1.82) is 0 Å². The summed E-state index contributed by atoms with van der Waals surface area (Å²) in [5.41, 5.74) is 6.17. The maximum Gasteiger partial charge on any atom is 0.329 e. The van der Waals surface area contributed by atoms with E-state index in [1.54, 1.807) is 18.2 Å². The predicted molar refractivity (Wildman–Crippen MR) is 121 cm³/mol. The quantitative estimate of drug-likeness (QED) is 0.571. The molecule has 160 valence electrons. The fourth-order valence-electron chi connectivity index (χ4n) is 4.12. The van der Waals surface area contributed by atoms with E-state index in [1.165, 1.54) is 17.7 Å². The third kappa shape index (κ3) is 3.74. The number of amides is 3. The highest BCUT2D eigenvalue weighted by Crippen LogP contribution is 2.39.